The highest BCUT2D eigenvalue weighted by atomic mass is 19.1. The third-order valence-corrected chi connectivity index (χ3v) is 6.41. The monoisotopic (exact) mass is 463 g/mol. The van der Waals surface area contributed by atoms with Crippen molar-refractivity contribution in [1.82, 2.24) is 4.90 Å². The van der Waals surface area contributed by atoms with E-state index in [0.29, 0.717) is 12.2 Å². The third-order valence-electron chi connectivity index (χ3n) is 6.41. The Labute approximate surface area is 202 Å². The van der Waals surface area contributed by atoms with Crippen LogP contribution in [0, 0.1) is 5.82 Å². The number of hydrogen-bond acceptors (Lipinski definition) is 4. The molecular formula is C29H34FNO3. The van der Waals surface area contributed by atoms with Crippen LogP contribution in [0.15, 0.2) is 66.7 Å². The number of rotatable bonds is 8. The molecule has 1 aliphatic rings. The van der Waals surface area contributed by atoms with Crippen LogP contribution in [0.3, 0.4) is 0 Å². The van der Waals surface area contributed by atoms with E-state index in [4.69, 9.17) is 14.2 Å². The molecule has 0 amide bonds. The lowest BCUT2D eigenvalue weighted by Gasteiger charge is -2.41. The Balaban J connectivity index is 1.76. The lowest BCUT2D eigenvalue weighted by molar-refractivity contribution is 0.0687. The summed E-state index contributed by atoms with van der Waals surface area (Å²) in [4.78, 5) is 2.09. The fourth-order valence-corrected chi connectivity index (χ4v) is 4.79. The van der Waals surface area contributed by atoms with Gasteiger partial charge in [0.15, 0.2) is 0 Å². The van der Waals surface area contributed by atoms with E-state index in [9.17, 15) is 0 Å². The molecule has 2 unspecified atom stereocenters. The van der Waals surface area contributed by atoms with E-state index < -0.39 is 5.60 Å². The summed E-state index contributed by atoms with van der Waals surface area (Å²) < 4.78 is 32.9. The maximum absolute atomic E-state index is 15.2. The molecule has 1 aliphatic heterocycles. The van der Waals surface area contributed by atoms with Crippen molar-refractivity contribution in [1.29, 1.82) is 0 Å². The zero-order chi connectivity index (χ0) is 24.3. The molecule has 34 heavy (non-hydrogen) atoms. The fraction of sp³-hybridized carbons (Fsp3) is 0.379. The molecule has 1 heterocycles. The summed E-state index contributed by atoms with van der Waals surface area (Å²) in [6.45, 7) is 5.63. The minimum Gasteiger partial charge on any atom is -0.497 e. The number of hydrogen-bond donors (Lipinski definition) is 0. The van der Waals surface area contributed by atoms with Crippen molar-refractivity contribution in [3.8, 4) is 17.2 Å². The van der Waals surface area contributed by atoms with E-state index in [-0.39, 0.29) is 17.7 Å². The highest BCUT2D eigenvalue weighted by molar-refractivity contribution is 5.49. The molecule has 2 atom stereocenters. The van der Waals surface area contributed by atoms with Crippen LogP contribution in [0.2, 0.25) is 0 Å². The van der Waals surface area contributed by atoms with Crippen molar-refractivity contribution >= 4 is 0 Å². The van der Waals surface area contributed by atoms with Crippen LogP contribution >= 0.6 is 0 Å². The molecule has 0 aliphatic carbocycles. The van der Waals surface area contributed by atoms with Gasteiger partial charge in [0.2, 0.25) is 0 Å². The molecule has 0 saturated carbocycles. The minimum atomic E-state index is -0.400. The van der Waals surface area contributed by atoms with Crippen LogP contribution < -0.4 is 14.2 Å². The Hall–Kier alpha value is -3.05. The largest absolute Gasteiger partial charge is 0.497 e. The zero-order valence-corrected chi connectivity index (χ0v) is 20.7. The summed E-state index contributed by atoms with van der Waals surface area (Å²) in [5.74, 6) is 2.02. The Morgan fingerprint density at radius 2 is 1.74 bits per heavy atom. The van der Waals surface area contributed by atoms with Crippen LogP contribution in [0.25, 0.3) is 0 Å². The summed E-state index contributed by atoms with van der Waals surface area (Å²) in [5.41, 5.74) is 2.41. The average Bonchev–Trinajstić information content (AvgIpc) is 2.80. The predicted octanol–water partition coefficient (Wildman–Crippen LogP) is 6.25. The summed E-state index contributed by atoms with van der Waals surface area (Å²) in [5, 5.41) is 0. The molecular weight excluding hydrogens is 429 g/mol. The van der Waals surface area contributed by atoms with Gasteiger partial charge in [-0.3, -0.25) is 0 Å². The van der Waals surface area contributed by atoms with Gasteiger partial charge in [0, 0.05) is 24.4 Å². The van der Waals surface area contributed by atoms with Crippen LogP contribution in [-0.4, -0.2) is 44.9 Å². The van der Waals surface area contributed by atoms with Crippen molar-refractivity contribution in [3.63, 3.8) is 0 Å². The normalized spacial score (nSPS) is 17.6. The fourth-order valence-electron chi connectivity index (χ4n) is 4.79. The van der Waals surface area contributed by atoms with Crippen LogP contribution in [0.5, 0.6) is 17.2 Å². The standard InChI is InChI=1S/C29H34FNO3/c1-29(2)19-25(23-15-14-22(32-5)18-27(23)34-29)28(24-8-6-7-9-26(24)30)20-10-12-21(13-11-20)33-17-16-31(3)4/h6-15,18,25,28H,16-17,19H2,1-5H3. The second-order valence-corrected chi connectivity index (χ2v) is 9.80. The second-order valence-electron chi connectivity index (χ2n) is 9.80. The number of benzene rings is 3. The molecule has 0 N–H and O–H groups in total. The molecule has 4 nitrogen and oxygen atoms in total. The molecule has 0 radical (unpaired) electrons. The number of halogens is 1. The van der Waals surface area contributed by atoms with Crippen LogP contribution in [0.4, 0.5) is 4.39 Å². The molecule has 0 aromatic heterocycles. The molecule has 3 aromatic rings. The molecule has 0 bridgehead atoms. The number of nitrogens with zero attached hydrogens (tertiary/aromatic N) is 1. The topological polar surface area (TPSA) is 30.9 Å². The predicted molar refractivity (Wildman–Crippen MR) is 134 cm³/mol. The van der Waals surface area contributed by atoms with Gasteiger partial charge in [-0.25, -0.2) is 4.39 Å². The number of methoxy groups -OCH3 is 1. The third kappa shape index (κ3) is 5.36. The Morgan fingerprint density at radius 1 is 1.03 bits per heavy atom. The summed E-state index contributed by atoms with van der Waals surface area (Å²) in [6.07, 6.45) is 0.756. The summed E-state index contributed by atoms with van der Waals surface area (Å²) >= 11 is 0. The van der Waals surface area contributed by atoms with E-state index in [1.807, 2.05) is 50.5 Å². The summed E-state index contributed by atoms with van der Waals surface area (Å²) in [6, 6.07) is 21.1. The van der Waals surface area contributed by atoms with E-state index in [1.54, 1.807) is 19.2 Å². The molecule has 0 fully saturated rings. The van der Waals surface area contributed by atoms with E-state index in [1.165, 1.54) is 0 Å². The van der Waals surface area contributed by atoms with Gasteiger partial charge in [-0.2, -0.15) is 0 Å². The van der Waals surface area contributed by atoms with Crippen molar-refractivity contribution < 1.29 is 18.6 Å². The SMILES string of the molecule is COc1ccc2c(c1)OC(C)(C)CC2C(c1ccc(OCCN(C)C)cc1)c1ccccc1F. The van der Waals surface area contributed by atoms with Gasteiger partial charge < -0.3 is 19.1 Å². The first-order valence-electron chi connectivity index (χ1n) is 11.8. The van der Waals surface area contributed by atoms with Gasteiger partial charge in [-0.1, -0.05) is 36.4 Å². The molecule has 0 saturated heterocycles. The van der Waals surface area contributed by atoms with Gasteiger partial charge in [0.25, 0.3) is 0 Å². The van der Waals surface area contributed by atoms with Gasteiger partial charge in [0.05, 0.1) is 7.11 Å². The number of likely N-dealkylation sites (N-methyl/N-ethyl adjacent to an activating group) is 1. The Bertz CT molecular complexity index is 1110. The molecule has 5 heteroatoms. The first-order valence-corrected chi connectivity index (χ1v) is 11.8. The van der Waals surface area contributed by atoms with Crippen molar-refractivity contribution in [2.75, 3.05) is 34.4 Å². The highest BCUT2D eigenvalue weighted by Crippen LogP contribution is 2.51. The zero-order valence-electron chi connectivity index (χ0n) is 20.7. The van der Waals surface area contributed by atoms with Crippen LogP contribution in [0.1, 0.15) is 48.8 Å². The first kappa shape index (κ1) is 24.1. The van der Waals surface area contributed by atoms with Gasteiger partial charge in [0.1, 0.15) is 35.3 Å². The van der Waals surface area contributed by atoms with Crippen molar-refractivity contribution in [3.05, 3.63) is 89.2 Å². The Morgan fingerprint density at radius 3 is 2.41 bits per heavy atom. The quantitative estimate of drug-likeness (QED) is 0.395. The maximum atomic E-state index is 15.2. The molecule has 4 rings (SSSR count). The van der Waals surface area contributed by atoms with Crippen molar-refractivity contribution in [2.45, 2.75) is 37.7 Å². The van der Waals surface area contributed by atoms with Gasteiger partial charge >= 0.3 is 0 Å². The molecule has 180 valence electrons. The number of ether oxygens (including phenoxy) is 3. The van der Waals surface area contributed by atoms with Crippen LogP contribution in [-0.2, 0) is 0 Å². The highest BCUT2D eigenvalue weighted by Gasteiger charge is 2.40. The average molecular weight is 464 g/mol. The van der Waals surface area contributed by atoms with Crippen molar-refractivity contribution in [2.24, 2.45) is 0 Å². The number of fused-ring (bicyclic) bond motifs is 1. The summed E-state index contributed by atoms with van der Waals surface area (Å²) in [7, 11) is 5.69. The van der Waals surface area contributed by atoms with Gasteiger partial charge in [-0.15, -0.1) is 0 Å². The lowest BCUT2D eigenvalue weighted by atomic mass is 9.71. The Kier molecular flexibility index (Phi) is 7.13. The molecule has 3 aromatic carbocycles. The van der Waals surface area contributed by atoms with E-state index in [0.717, 1.165) is 41.3 Å². The molecule has 0 spiro atoms. The van der Waals surface area contributed by atoms with E-state index in [2.05, 4.69) is 36.9 Å². The maximum Gasteiger partial charge on any atom is 0.127 e. The lowest BCUT2D eigenvalue weighted by Crippen LogP contribution is -2.37. The minimum absolute atomic E-state index is 0.0297. The second kappa shape index (κ2) is 10.1. The van der Waals surface area contributed by atoms with E-state index >= 15 is 4.39 Å². The first-order chi connectivity index (χ1) is 16.3. The van der Waals surface area contributed by atoms with Gasteiger partial charge in [-0.05, 0) is 75.3 Å². The smallest absolute Gasteiger partial charge is 0.127 e.